The van der Waals surface area contributed by atoms with Gasteiger partial charge in [0.05, 0.1) is 10.7 Å². The molecular weight excluding hydrogens is 335 g/mol. The van der Waals surface area contributed by atoms with Gasteiger partial charge in [0.25, 0.3) is 5.91 Å². The van der Waals surface area contributed by atoms with E-state index >= 15 is 0 Å². The first-order valence-electron chi connectivity index (χ1n) is 6.24. The van der Waals surface area contributed by atoms with E-state index in [4.69, 9.17) is 27.9 Å². The number of carbonyl (C=O) groups excluding carboxylic acids is 1. The Morgan fingerprint density at radius 1 is 1.14 bits per heavy atom. The molecule has 0 heterocycles. The van der Waals surface area contributed by atoms with E-state index in [0.717, 1.165) is 12.1 Å². The van der Waals surface area contributed by atoms with Gasteiger partial charge in [-0.3, -0.25) is 4.79 Å². The molecule has 3 nitrogen and oxygen atoms in total. The minimum absolute atomic E-state index is 0.0451. The third-order valence-corrected chi connectivity index (χ3v) is 3.31. The maximum atomic E-state index is 13.1. The Bertz CT molecular complexity index is 710. The van der Waals surface area contributed by atoms with Crippen LogP contribution in [0.1, 0.15) is 6.92 Å². The number of halogens is 4. The lowest BCUT2D eigenvalue weighted by Gasteiger charge is -2.15. The van der Waals surface area contributed by atoms with Gasteiger partial charge in [-0.2, -0.15) is 0 Å². The molecule has 0 saturated carbocycles. The Kier molecular flexibility index (Phi) is 5.21. The molecule has 2 rings (SSSR count). The van der Waals surface area contributed by atoms with Crippen molar-refractivity contribution in [1.82, 2.24) is 0 Å². The minimum atomic E-state index is -1.05. The second-order valence-electron chi connectivity index (χ2n) is 4.45. The molecule has 0 unspecified atom stereocenters. The van der Waals surface area contributed by atoms with Crippen molar-refractivity contribution in [2.75, 3.05) is 5.32 Å². The molecule has 1 atom stereocenters. The zero-order valence-corrected chi connectivity index (χ0v) is 12.9. The summed E-state index contributed by atoms with van der Waals surface area (Å²) in [5.74, 6) is -2.49. The van der Waals surface area contributed by atoms with Crippen LogP contribution in [-0.4, -0.2) is 12.0 Å². The van der Waals surface area contributed by atoms with E-state index in [2.05, 4.69) is 5.32 Å². The Balaban J connectivity index is 2.04. The van der Waals surface area contributed by atoms with Gasteiger partial charge in [0.2, 0.25) is 0 Å². The summed E-state index contributed by atoms with van der Waals surface area (Å²) in [4.78, 5) is 12.0. The van der Waals surface area contributed by atoms with Gasteiger partial charge in [0, 0.05) is 11.1 Å². The molecular formula is C15H11Cl2F2NO2. The smallest absolute Gasteiger partial charge is 0.265 e. The molecule has 0 aliphatic carbocycles. The zero-order valence-electron chi connectivity index (χ0n) is 11.4. The average Bonchev–Trinajstić information content (AvgIpc) is 2.45. The quantitative estimate of drug-likeness (QED) is 0.873. The lowest BCUT2D eigenvalue weighted by molar-refractivity contribution is -0.122. The normalized spacial score (nSPS) is 11.9. The van der Waals surface area contributed by atoms with Gasteiger partial charge in [0.1, 0.15) is 5.75 Å². The van der Waals surface area contributed by atoms with Crippen LogP contribution in [0, 0.1) is 11.6 Å². The molecule has 0 aliphatic rings. The molecule has 0 saturated heterocycles. The molecule has 0 aliphatic heterocycles. The molecule has 22 heavy (non-hydrogen) atoms. The fourth-order valence-corrected chi connectivity index (χ4v) is 2.09. The summed E-state index contributed by atoms with van der Waals surface area (Å²) in [6.07, 6.45) is -0.934. The van der Waals surface area contributed by atoms with E-state index in [0.29, 0.717) is 10.7 Å². The van der Waals surface area contributed by atoms with Gasteiger partial charge < -0.3 is 10.1 Å². The summed E-state index contributed by atoms with van der Waals surface area (Å²) < 4.78 is 31.2. The van der Waals surface area contributed by atoms with Gasteiger partial charge in [-0.05, 0) is 37.3 Å². The van der Waals surface area contributed by atoms with Crippen LogP contribution in [0.3, 0.4) is 0 Å². The number of rotatable bonds is 4. The molecule has 0 aromatic heterocycles. The molecule has 0 spiro atoms. The molecule has 0 radical (unpaired) electrons. The minimum Gasteiger partial charge on any atom is -0.481 e. The Morgan fingerprint density at radius 2 is 1.86 bits per heavy atom. The van der Waals surface area contributed by atoms with Crippen LogP contribution >= 0.6 is 23.2 Å². The lowest BCUT2D eigenvalue weighted by Crippen LogP contribution is -2.30. The monoisotopic (exact) mass is 345 g/mol. The summed E-state index contributed by atoms with van der Waals surface area (Å²) in [6, 6.07) is 7.63. The molecule has 7 heteroatoms. The lowest BCUT2D eigenvalue weighted by atomic mass is 10.3. The predicted octanol–water partition coefficient (Wildman–Crippen LogP) is 4.68. The Morgan fingerprint density at radius 3 is 2.50 bits per heavy atom. The SMILES string of the molecule is C[C@@H](Oc1ccc(F)c(F)c1)C(=O)Nc1ccc(Cl)cc1Cl. The van der Waals surface area contributed by atoms with Crippen LogP contribution in [0.2, 0.25) is 10.0 Å². The number of amides is 1. The van der Waals surface area contributed by atoms with Gasteiger partial charge >= 0.3 is 0 Å². The maximum Gasteiger partial charge on any atom is 0.265 e. The van der Waals surface area contributed by atoms with Crippen molar-refractivity contribution < 1.29 is 18.3 Å². The predicted molar refractivity (Wildman–Crippen MR) is 81.5 cm³/mol. The van der Waals surface area contributed by atoms with E-state index in [9.17, 15) is 13.6 Å². The van der Waals surface area contributed by atoms with Crippen molar-refractivity contribution in [2.24, 2.45) is 0 Å². The fraction of sp³-hybridized carbons (Fsp3) is 0.133. The van der Waals surface area contributed by atoms with Crippen LogP contribution in [0.25, 0.3) is 0 Å². The molecule has 0 bridgehead atoms. The number of hydrogen-bond donors (Lipinski definition) is 1. The molecule has 116 valence electrons. The first-order valence-corrected chi connectivity index (χ1v) is 7.00. The van der Waals surface area contributed by atoms with Gasteiger partial charge in [-0.1, -0.05) is 23.2 Å². The highest BCUT2D eigenvalue weighted by atomic mass is 35.5. The molecule has 1 N–H and O–H groups in total. The first kappa shape index (κ1) is 16.5. The topological polar surface area (TPSA) is 38.3 Å². The van der Waals surface area contributed by atoms with Gasteiger partial charge in [-0.15, -0.1) is 0 Å². The number of ether oxygens (including phenoxy) is 1. The van der Waals surface area contributed by atoms with E-state index < -0.39 is 23.6 Å². The van der Waals surface area contributed by atoms with Gasteiger partial charge in [-0.25, -0.2) is 8.78 Å². The number of benzene rings is 2. The number of carbonyl (C=O) groups is 1. The van der Waals surface area contributed by atoms with Gasteiger partial charge in [0.15, 0.2) is 17.7 Å². The van der Waals surface area contributed by atoms with Crippen molar-refractivity contribution in [3.05, 3.63) is 58.1 Å². The maximum absolute atomic E-state index is 13.1. The average molecular weight is 346 g/mol. The summed E-state index contributed by atoms with van der Waals surface area (Å²) in [7, 11) is 0. The second-order valence-corrected chi connectivity index (χ2v) is 5.29. The summed E-state index contributed by atoms with van der Waals surface area (Å²) in [5, 5.41) is 3.28. The molecule has 2 aromatic carbocycles. The highest BCUT2D eigenvalue weighted by Gasteiger charge is 2.17. The zero-order chi connectivity index (χ0) is 16.3. The highest BCUT2D eigenvalue weighted by molar-refractivity contribution is 6.36. The summed E-state index contributed by atoms with van der Waals surface area (Å²) >= 11 is 11.7. The first-order chi connectivity index (χ1) is 10.4. The van der Waals surface area contributed by atoms with Crippen molar-refractivity contribution in [2.45, 2.75) is 13.0 Å². The third-order valence-electron chi connectivity index (χ3n) is 2.76. The fourth-order valence-electron chi connectivity index (χ4n) is 1.63. The number of anilines is 1. The molecule has 0 fully saturated rings. The third kappa shape index (κ3) is 4.08. The van der Waals surface area contributed by atoms with Crippen molar-refractivity contribution in [3.8, 4) is 5.75 Å². The molecule has 1 amide bonds. The van der Waals surface area contributed by atoms with E-state index in [1.165, 1.54) is 19.1 Å². The van der Waals surface area contributed by atoms with Crippen LogP contribution in [0.5, 0.6) is 5.75 Å². The van der Waals surface area contributed by atoms with Crippen molar-refractivity contribution >= 4 is 34.8 Å². The number of hydrogen-bond acceptors (Lipinski definition) is 2. The standard InChI is InChI=1S/C15H11Cl2F2NO2/c1-8(22-10-3-4-12(18)13(19)7-10)15(21)20-14-5-2-9(16)6-11(14)17/h2-8H,1H3,(H,20,21)/t8-/m1/s1. The van der Waals surface area contributed by atoms with Crippen LogP contribution in [-0.2, 0) is 4.79 Å². The number of nitrogens with one attached hydrogen (secondary N) is 1. The van der Waals surface area contributed by atoms with Crippen LogP contribution < -0.4 is 10.1 Å². The highest BCUT2D eigenvalue weighted by Crippen LogP contribution is 2.25. The largest absolute Gasteiger partial charge is 0.481 e. The Labute approximate surface area is 135 Å². The van der Waals surface area contributed by atoms with Crippen molar-refractivity contribution in [3.63, 3.8) is 0 Å². The van der Waals surface area contributed by atoms with Crippen molar-refractivity contribution in [1.29, 1.82) is 0 Å². The van der Waals surface area contributed by atoms with E-state index in [-0.39, 0.29) is 10.8 Å². The van der Waals surface area contributed by atoms with E-state index in [1.807, 2.05) is 0 Å². The summed E-state index contributed by atoms with van der Waals surface area (Å²) in [5.41, 5.74) is 0.372. The summed E-state index contributed by atoms with van der Waals surface area (Å²) in [6.45, 7) is 1.47. The Hall–Kier alpha value is -1.85. The molecule has 2 aromatic rings. The van der Waals surface area contributed by atoms with E-state index in [1.54, 1.807) is 12.1 Å². The second kappa shape index (κ2) is 6.94. The van der Waals surface area contributed by atoms with Crippen LogP contribution in [0.4, 0.5) is 14.5 Å². The van der Waals surface area contributed by atoms with Crippen LogP contribution in [0.15, 0.2) is 36.4 Å².